The molecule has 0 fully saturated rings. The van der Waals surface area contributed by atoms with Crippen molar-refractivity contribution in [2.75, 3.05) is 20.2 Å². The third kappa shape index (κ3) is 2.77. The number of methoxy groups -OCH3 is 1. The zero-order valence-electron chi connectivity index (χ0n) is 7.04. The van der Waals surface area contributed by atoms with Gasteiger partial charge in [-0.2, -0.15) is 0 Å². The number of aromatic nitrogens is 1. The summed E-state index contributed by atoms with van der Waals surface area (Å²) in [5.74, 6) is 0. The van der Waals surface area contributed by atoms with Crippen molar-refractivity contribution in [3.8, 4) is 5.19 Å². The first-order chi connectivity index (χ1) is 5.86. The molecule has 0 aromatic carbocycles. The van der Waals surface area contributed by atoms with Crippen molar-refractivity contribution < 1.29 is 4.74 Å². The number of rotatable bonds is 5. The van der Waals surface area contributed by atoms with Crippen molar-refractivity contribution in [3.05, 3.63) is 11.1 Å². The predicted octanol–water partition coefficient (Wildman–Crippen LogP) is 0.200. The molecule has 1 heterocycles. The van der Waals surface area contributed by atoms with Gasteiger partial charge in [-0.05, 0) is 0 Å². The lowest BCUT2D eigenvalue weighted by molar-refractivity contribution is 0.412. The first-order valence-corrected chi connectivity index (χ1v) is 4.58. The summed E-state index contributed by atoms with van der Waals surface area (Å²) < 4.78 is 4.96. The molecule has 68 valence electrons. The standard InChI is InChI=1S/C7H13N3OS/c1-11-7-10-5-6(12-7)4-9-3-2-8/h5,9H,2-4,8H2,1H3. The highest BCUT2D eigenvalue weighted by molar-refractivity contribution is 7.13. The molecule has 0 aliphatic heterocycles. The van der Waals surface area contributed by atoms with Gasteiger partial charge in [0.2, 0.25) is 0 Å². The maximum atomic E-state index is 5.32. The number of nitrogens with zero attached hydrogens (tertiary/aromatic N) is 1. The Morgan fingerprint density at radius 2 is 2.58 bits per heavy atom. The highest BCUT2D eigenvalue weighted by atomic mass is 32.1. The van der Waals surface area contributed by atoms with Crippen LogP contribution in [0.25, 0.3) is 0 Å². The van der Waals surface area contributed by atoms with E-state index < -0.39 is 0 Å². The van der Waals surface area contributed by atoms with E-state index in [-0.39, 0.29) is 0 Å². The quantitative estimate of drug-likeness (QED) is 0.646. The number of hydrogen-bond donors (Lipinski definition) is 2. The van der Waals surface area contributed by atoms with E-state index >= 15 is 0 Å². The van der Waals surface area contributed by atoms with E-state index in [0.29, 0.717) is 11.7 Å². The molecular weight excluding hydrogens is 174 g/mol. The summed E-state index contributed by atoms with van der Waals surface area (Å²) in [5, 5.41) is 3.89. The summed E-state index contributed by atoms with van der Waals surface area (Å²) in [6.07, 6.45) is 1.81. The van der Waals surface area contributed by atoms with Crippen LogP contribution in [0.3, 0.4) is 0 Å². The number of nitrogens with two attached hydrogens (primary N) is 1. The van der Waals surface area contributed by atoms with Crippen molar-refractivity contribution in [2.45, 2.75) is 6.54 Å². The molecule has 0 saturated heterocycles. The molecule has 0 aliphatic rings. The Bertz CT molecular complexity index is 226. The smallest absolute Gasteiger partial charge is 0.273 e. The fourth-order valence-corrected chi connectivity index (χ4v) is 1.47. The van der Waals surface area contributed by atoms with Crippen LogP contribution in [0, 0.1) is 0 Å². The highest BCUT2D eigenvalue weighted by Crippen LogP contribution is 2.19. The molecule has 0 aliphatic carbocycles. The van der Waals surface area contributed by atoms with Crippen LogP contribution in [0.5, 0.6) is 5.19 Å². The Kier molecular flexibility index (Phi) is 3.99. The summed E-state index contributed by atoms with van der Waals surface area (Å²) in [6, 6.07) is 0. The Labute approximate surface area is 75.8 Å². The van der Waals surface area contributed by atoms with Gasteiger partial charge in [-0.3, -0.25) is 0 Å². The van der Waals surface area contributed by atoms with Crippen LogP contribution in [-0.2, 0) is 6.54 Å². The second-order valence-electron chi connectivity index (χ2n) is 2.26. The van der Waals surface area contributed by atoms with Crippen LogP contribution in [0.4, 0.5) is 0 Å². The molecule has 1 aromatic rings. The minimum Gasteiger partial charge on any atom is -0.473 e. The molecule has 12 heavy (non-hydrogen) atoms. The first kappa shape index (κ1) is 9.44. The third-order valence-electron chi connectivity index (χ3n) is 1.33. The molecule has 0 radical (unpaired) electrons. The van der Waals surface area contributed by atoms with Crippen LogP contribution in [0.1, 0.15) is 4.88 Å². The topological polar surface area (TPSA) is 60.2 Å². The normalized spacial score (nSPS) is 10.2. The molecule has 3 N–H and O–H groups in total. The fraction of sp³-hybridized carbons (Fsp3) is 0.571. The first-order valence-electron chi connectivity index (χ1n) is 3.76. The molecule has 0 saturated carbocycles. The molecule has 0 unspecified atom stereocenters. The van der Waals surface area contributed by atoms with E-state index in [1.54, 1.807) is 18.4 Å². The zero-order chi connectivity index (χ0) is 8.81. The largest absolute Gasteiger partial charge is 0.473 e. The Hall–Kier alpha value is -0.650. The number of thiazole rings is 1. The molecule has 4 nitrogen and oxygen atoms in total. The Morgan fingerprint density at radius 3 is 3.17 bits per heavy atom. The minimum atomic E-state index is 0.663. The number of hydrogen-bond acceptors (Lipinski definition) is 5. The lowest BCUT2D eigenvalue weighted by Gasteiger charge is -1.97. The van der Waals surface area contributed by atoms with Crippen LogP contribution < -0.4 is 15.8 Å². The van der Waals surface area contributed by atoms with Crippen molar-refractivity contribution in [3.63, 3.8) is 0 Å². The van der Waals surface area contributed by atoms with Crippen molar-refractivity contribution in [2.24, 2.45) is 5.73 Å². The third-order valence-corrected chi connectivity index (χ3v) is 2.29. The summed E-state index contributed by atoms with van der Waals surface area (Å²) in [5.41, 5.74) is 5.32. The van der Waals surface area contributed by atoms with E-state index in [1.807, 2.05) is 6.20 Å². The van der Waals surface area contributed by atoms with Gasteiger partial charge in [0.15, 0.2) is 0 Å². The average molecular weight is 187 g/mol. The van der Waals surface area contributed by atoms with Gasteiger partial charge in [0.25, 0.3) is 5.19 Å². The van der Waals surface area contributed by atoms with E-state index in [4.69, 9.17) is 10.5 Å². The van der Waals surface area contributed by atoms with Crippen LogP contribution in [-0.4, -0.2) is 25.2 Å². The Balaban J connectivity index is 2.31. The molecule has 1 aromatic heterocycles. The van der Waals surface area contributed by atoms with Gasteiger partial charge in [-0.15, -0.1) is 0 Å². The fourth-order valence-electron chi connectivity index (χ4n) is 0.779. The summed E-state index contributed by atoms with van der Waals surface area (Å²) in [7, 11) is 1.62. The number of ether oxygens (including phenoxy) is 1. The van der Waals surface area contributed by atoms with E-state index in [2.05, 4.69) is 10.3 Å². The van der Waals surface area contributed by atoms with Gasteiger partial charge >= 0.3 is 0 Å². The Morgan fingerprint density at radius 1 is 1.75 bits per heavy atom. The van der Waals surface area contributed by atoms with Crippen molar-refractivity contribution in [1.29, 1.82) is 0 Å². The molecule has 0 bridgehead atoms. The predicted molar refractivity (Wildman–Crippen MR) is 49.4 cm³/mol. The maximum Gasteiger partial charge on any atom is 0.273 e. The summed E-state index contributed by atoms with van der Waals surface area (Å²) >= 11 is 1.55. The van der Waals surface area contributed by atoms with E-state index in [9.17, 15) is 0 Å². The monoisotopic (exact) mass is 187 g/mol. The highest BCUT2D eigenvalue weighted by Gasteiger charge is 1.99. The molecule has 0 spiro atoms. The maximum absolute atomic E-state index is 5.32. The average Bonchev–Trinajstić information content (AvgIpc) is 2.53. The van der Waals surface area contributed by atoms with Gasteiger partial charge < -0.3 is 15.8 Å². The lowest BCUT2D eigenvalue weighted by atomic mass is 10.5. The second-order valence-corrected chi connectivity index (χ2v) is 3.34. The second kappa shape index (κ2) is 5.08. The molecule has 5 heteroatoms. The molecule has 0 amide bonds. The molecule has 1 rings (SSSR count). The van der Waals surface area contributed by atoms with Crippen LogP contribution in [0.15, 0.2) is 6.20 Å². The van der Waals surface area contributed by atoms with Crippen LogP contribution >= 0.6 is 11.3 Å². The zero-order valence-corrected chi connectivity index (χ0v) is 7.86. The summed E-state index contributed by atoms with van der Waals surface area (Å²) in [4.78, 5) is 5.21. The van der Waals surface area contributed by atoms with Crippen molar-refractivity contribution in [1.82, 2.24) is 10.3 Å². The lowest BCUT2D eigenvalue weighted by Crippen LogP contribution is -2.21. The molecule has 0 atom stereocenters. The van der Waals surface area contributed by atoms with Gasteiger partial charge in [0, 0.05) is 30.7 Å². The summed E-state index contributed by atoms with van der Waals surface area (Å²) in [6.45, 7) is 2.31. The van der Waals surface area contributed by atoms with E-state index in [0.717, 1.165) is 13.1 Å². The SMILES string of the molecule is COc1ncc(CNCCN)s1. The van der Waals surface area contributed by atoms with Gasteiger partial charge in [0.1, 0.15) is 0 Å². The number of nitrogens with one attached hydrogen (secondary N) is 1. The molecular formula is C7H13N3OS. The van der Waals surface area contributed by atoms with Gasteiger partial charge in [-0.25, -0.2) is 4.98 Å². The van der Waals surface area contributed by atoms with Crippen LogP contribution in [0.2, 0.25) is 0 Å². The van der Waals surface area contributed by atoms with Gasteiger partial charge in [0.05, 0.1) is 7.11 Å². The minimum absolute atomic E-state index is 0.663. The van der Waals surface area contributed by atoms with E-state index in [1.165, 1.54) is 4.88 Å². The van der Waals surface area contributed by atoms with Gasteiger partial charge in [-0.1, -0.05) is 11.3 Å². The van der Waals surface area contributed by atoms with Crippen molar-refractivity contribution >= 4 is 11.3 Å².